The van der Waals surface area contributed by atoms with Gasteiger partial charge in [0.1, 0.15) is 12.4 Å². The fourth-order valence-electron chi connectivity index (χ4n) is 5.02. The Balaban J connectivity index is 1.42. The fourth-order valence-corrected chi connectivity index (χ4v) is 6.22. The number of nitrogens with zero attached hydrogens (tertiary/aromatic N) is 2. The van der Waals surface area contributed by atoms with Gasteiger partial charge in [0.05, 0.1) is 17.1 Å². The van der Waals surface area contributed by atoms with Crippen LogP contribution >= 0.6 is 0 Å². The summed E-state index contributed by atoms with van der Waals surface area (Å²) in [5.41, 5.74) is -0.119. The summed E-state index contributed by atoms with van der Waals surface area (Å²) in [6, 6.07) is 10.2. The van der Waals surface area contributed by atoms with E-state index in [1.807, 2.05) is 20.2 Å². The maximum absolute atomic E-state index is 13.8. The number of alkyl halides is 3. The molecule has 1 aliphatic rings. The van der Waals surface area contributed by atoms with Gasteiger partial charge in [-0.25, -0.2) is 12.8 Å². The molecule has 0 radical (unpaired) electrons. The molecule has 3 rings (SSSR count). The predicted octanol–water partition coefficient (Wildman–Crippen LogP) is 4.46. The highest BCUT2D eigenvalue weighted by Crippen LogP contribution is 2.37. The smallest absolute Gasteiger partial charge is 0.370 e. The second kappa shape index (κ2) is 13.2. The molecule has 39 heavy (non-hydrogen) atoms. The van der Waals surface area contributed by atoms with Gasteiger partial charge in [-0.3, -0.25) is 4.79 Å². The third-order valence-corrected chi connectivity index (χ3v) is 8.84. The van der Waals surface area contributed by atoms with Crippen LogP contribution in [0.3, 0.4) is 0 Å². The molecule has 1 amide bonds. The summed E-state index contributed by atoms with van der Waals surface area (Å²) in [7, 11) is 1.03. The van der Waals surface area contributed by atoms with Gasteiger partial charge in [0, 0.05) is 25.7 Å². The van der Waals surface area contributed by atoms with Crippen molar-refractivity contribution in [3.63, 3.8) is 0 Å². The SMILES string of the molecule is CN(C)C(c1cccc(F)c1)C1CCC(NC(=O)COCCN(C)S(=O)(=O)c2cccc(C(F)(F)F)c2)CC1. The van der Waals surface area contributed by atoms with Crippen LogP contribution < -0.4 is 5.32 Å². The molecule has 0 heterocycles. The largest absolute Gasteiger partial charge is 0.416 e. The highest BCUT2D eigenvalue weighted by molar-refractivity contribution is 7.89. The van der Waals surface area contributed by atoms with E-state index in [9.17, 15) is 30.8 Å². The van der Waals surface area contributed by atoms with Crippen LogP contribution in [0.2, 0.25) is 0 Å². The number of amides is 1. The average molecular weight is 574 g/mol. The molecule has 2 aromatic carbocycles. The number of hydrogen-bond donors (Lipinski definition) is 1. The van der Waals surface area contributed by atoms with E-state index in [-0.39, 0.29) is 43.6 Å². The number of rotatable bonds is 11. The average Bonchev–Trinajstić information content (AvgIpc) is 2.87. The molecule has 0 aliphatic heterocycles. The molecule has 12 heteroatoms. The molecule has 1 saturated carbocycles. The van der Waals surface area contributed by atoms with Gasteiger partial charge in [-0.1, -0.05) is 18.2 Å². The molecule has 1 aliphatic carbocycles. The molecule has 0 saturated heterocycles. The number of carbonyl (C=O) groups excluding carboxylic acids is 1. The second-order valence-electron chi connectivity index (χ2n) is 10.0. The van der Waals surface area contributed by atoms with Gasteiger partial charge in [0.2, 0.25) is 15.9 Å². The fraction of sp³-hybridized carbons (Fsp3) is 0.519. The van der Waals surface area contributed by atoms with E-state index in [0.717, 1.165) is 53.8 Å². The minimum atomic E-state index is -4.66. The molecule has 0 spiro atoms. The molecule has 7 nitrogen and oxygen atoms in total. The monoisotopic (exact) mass is 573 g/mol. The first-order valence-corrected chi connectivity index (χ1v) is 14.2. The number of carbonyl (C=O) groups is 1. The van der Waals surface area contributed by atoms with Gasteiger partial charge in [-0.05, 0) is 81.6 Å². The van der Waals surface area contributed by atoms with Crippen LogP contribution in [0.25, 0.3) is 0 Å². The maximum Gasteiger partial charge on any atom is 0.416 e. The summed E-state index contributed by atoms with van der Waals surface area (Å²) in [5, 5.41) is 2.95. The van der Waals surface area contributed by atoms with Crippen molar-refractivity contribution in [1.82, 2.24) is 14.5 Å². The zero-order valence-corrected chi connectivity index (χ0v) is 23.1. The van der Waals surface area contributed by atoms with Gasteiger partial charge in [-0.15, -0.1) is 0 Å². The Morgan fingerprint density at radius 3 is 2.33 bits per heavy atom. The van der Waals surface area contributed by atoms with E-state index >= 15 is 0 Å². The molecule has 1 unspecified atom stereocenters. The van der Waals surface area contributed by atoms with Crippen LogP contribution in [0.1, 0.15) is 42.9 Å². The van der Waals surface area contributed by atoms with E-state index in [1.54, 1.807) is 12.1 Å². The van der Waals surface area contributed by atoms with Crippen molar-refractivity contribution in [1.29, 1.82) is 0 Å². The number of halogens is 4. The predicted molar refractivity (Wildman–Crippen MR) is 139 cm³/mol. The molecule has 216 valence electrons. The molecular weight excluding hydrogens is 538 g/mol. The summed E-state index contributed by atoms with van der Waals surface area (Å²) in [6.45, 7) is -0.503. The van der Waals surface area contributed by atoms with E-state index in [1.165, 1.54) is 13.1 Å². The Morgan fingerprint density at radius 1 is 1.05 bits per heavy atom. The van der Waals surface area contributed by atoms with Crippen molar-refractivity contribution in [2.45, 2.75) is 48.8 Å². The molecule has 2 aromatic rings. The van der Waals surface area contributed by atoms with Crippen molar-refractivity contribution in [2.75, 3.05) is 40.9 Å². The Hall–Kier alpha value is -2.54. The molecular formula is C27H35F4N3O4S. The number of nitrogens with one attached hydrogen (secondary N) is 1. The summed E-state index contributed by atoms with van der Waals surface area (Å²) < 4.78 is 84.1. The minimum Gasteiger partial charge on any atom is -0.370 e. The quantitative estimate of drug-likeness (QED) is 0.317. The molecule has 1 atom stereocenters. The maximum atomic E-state index is 13.8. The summed E-state index contributed by atoms with van der Waals surface area (Å²) in [6.07, 6.45) is -1.38. The van der Waals surface area contributed by atoms with Crippen LogP contribution in [0, 0.1) is 11.7 Å². The van der Waals surface area contributed by atoms with Gasteiger partial charge in [0.25, 0.3) is 0 Å². The Kier molecular flexibility index (Phi) is 10.5. The lowest BCUT2D eigenvalue weighted by Crippen LogP contribution is -2.41. The third-order valence-electron chi connectivity index (χ3n) is 6.98. The van der Waals surface area contributed by atoms with Crippen molar-refractivity contribution in [2.24, 2.45) is 5.92 Å². The number of likely N-dealkylation sites (N-methyl/N-ethyl adjacent to an activating group) is 1. The van der Waals surface area contributed by atoms with Crippen LogP contribution in [0.4, 0.5) is 17.6 Å². The molecule has 1 N–H and O–H groups in total. The van der Waals surface area contributed by atoms with Crippen LogP contribution in [0.5, 0.6) is 0 Å². The van der Waals surface area contributed by atoms with Gasteiger partial charge < -0.3 is 15.0 Å². The molecule has 0 bridgehead atoms. The number of hydrogen-bond acceptors (Lipinski definition) is 5. The topological polar surface area (TPSA) is 79.0 Å². The van der Waals surface area contributed by atoms with E-state index in [4.69, 9.17) is 4.74 Å². The Labute approximate surface area is 227 Å². The van der Waals surface area contributed by atoms with Crippen molar-refractivity contribution in [3.05, 3.63) is 65.5 Å². The van der Waals surface area contributed by atoms with Crippen LogP contribution in [0.15, 0.2) is 53.4 Å². The van der Waals surface area contributed by atoms with Crippen LogP contribution in [-0.4, -0.2) is 70.5 Å². The Bertz CT molecular complexity index is 1220. The zero-order chi connectivity index (χ0) is 28.8. The first kappa shape index (κ1) is 31.0. The zero-order valence-electron chi connectivity index (χ0n) is 22.2. The highest BCUT2D eigenvalue weighted by atomic mass is 32.2. The summed E-state index contributed by atoms with van der Waals surface area (Å²) in [4.78, 5) is 14.0. The number of ether oxygens (including phenoxy) is 1. The lowest BCUT2D eigenvalue weighted by atomic mass is 9.78. The third kappa shape index (κ3) is 8.47. The van der Waals surface area contributed by atoms with Crippen molar-refractivity contribution in [3.8, 4) is 0 Å². The second-order valence-corrected chi connectivity index (χ2v) is 12.1. The van der Waals surface area contributed by atoms with Crippen molar-refractivity contribution < 1.29 is 35.5 Å². The van der Waals surface area contributed by atoms with Gasteiger partial charge in [-0.2, -0.15) is 17.5 Å². The lowest BCUT2D eigenvalue weighted by Gasteiger charge is -2.37. The normalized spacial score (nSPS) is 19.3. The minimum absolute atomic E-state index is 0.0170. The molecule has 0 aromatic heterocycles. The lowest BCUT2D eigenvalue weighted by molar-refractivity contribution is -0.137. The first-order chi connectivity index (χ1) is 18.3. The molecule has 1 fully saturated rings. The van der Waals surface area contributed by atoms with E-state index in [0.29, 0.717) is 12.0 Å². The Morgan fingerprint density at radius 2 is 1.72 bits per heavy atom. The van der Waals surface area contributed by atoms with E-state index in [2.05, 4.69) is 10.2 Å². The van der Waals surface area contributed by atoms with Crippen LogP contribution in [-0.2, 0) is 25.7 Å². The standard InChI is InChI=1S/C27H35F4N3O4S/c1-33(2)26(20-6-4-8-22(28)16-20)19-10-12-23(13-11-19)32-25(35)18-38-15-14-34(3)39(36,37)24-9-5-7-21(17-24)27(29,30)31/h4-9,16-17,19,23,26H,10-15,18H2,1-3H3,(H,32,35). The summed E-state index contributed by atoms with van der Waals surface area (Å²) >= 11 is 0. The highest BCUT2D eigenvalue weighted by Gasteiger charge is 2.33. The van der Waals surface area contributed by atoms with Gasteiger partial charge >= 0.3 is 6.18 Å². The summed E-state index contributed by atoms with van der Waals surface area (Å²) in [5.74, 6) is -0.267. The van der Waals surface area contributed by atoms with Crippen molar-refractivity contribution >= 4 is 15.9 Å². The number of sulfonamides is 1. The number of benzene rings is 2. The van der Waals surface area contributed by atoms with Gasteiger partial charge in [0.15, 0.2) is 0 Å². The first-order valence-electron chi connectivity index (χ1n) is 12.7. The van der Waals surface area contributed by atoms with E-state index < -0.39 is 26.7 Å².